The van der Waals surface area contributed by atoms with Crippen LogP contribution >= 0.6 is 0 Å². The molecule has 0 fully saturated rings. The summed E-state index contributed by atoms with van der Waals surface area (Å²) in [7, 11) is 1.38. The largest absolute Gasteiger partial charge is 0.494 e. The average molecular weight is 282 g/mol. The van der Waals surface area contributed by atoms with E-state index in [0.29, 0.717) is 12.5 Å². The van der Waals surface area contributed by atoms with Gasteiger partial charge in [0.15, 0.2) is 11.6 Å². The van der Waals surface area contributed by atoms with Gasteiger partial charge in [-0.1, -0.05) is 13.8 Å². The van der Waals surface area contributed by atoms with Crippen molar-refractivity contribution in [1.82, 2.24) is 5.32 Å². The lowest BCUT2D eigenvalue weighted by atomic mass is 9.90. The van der Waals surface area contributed by atoms with Crippen LogP contribution in [0.2, 0.25) is 0 Å². The number of nitrogens with one attached hydrogen (secondary N) is 1. The number of ether oxygens (including phenoxy) is 1. The zero-order valence-corrected chi connectivity index (χ0v) is 12.5. The molecule has 5 heteroatoms. The van der Waals surface area contributed by atoms with Crippen LogP contribution in [0.25, 0.3) is 0 Å². The van der Waals surface area contributed by atoms with Gasteiger partial charge in [-0.15, -0.1) is 0 Å². The van der Waals surface area contributed by atoms with Gasteiger partial charge in [0.25, 0.3) is 5.91 Å². The van der Waals surface area contributed by atoms with Crippen molar-refractivity contribution in [3.05, 3.63) is 29.6 Å². The molecule has 4 nitrogen and oxygen atoms in total. The Balaban J connectivity index is 2.87. The first-order valence-electron chi connectivity index (χ1n) is 6.67. The molecule has 1 aromatic rings. The summed E-state index contributed by atoms with van der Waals surface area (Å²) in [6.07, 6.45) is 0.758. The summed E-state index contributed by atoms with van der Waals surface area (Å²) in [4.78, 5) is 12.2. The SMILES string of the molecule is COc1ccc(C(=O)NC(C)(CN)CC(C)C)cc1F. The number of hydrogen-bond acceptors (Lipinski definition) is 3. The second kappa shape index (κ2) is 6.70. The fourth-order valence-corrected chi connectivity index (χ4v) is 2.24. The Labute approximate surface area is 119 Å². The molecule has 1 unspecified atom stereocenters. The zero-order chi connectivity index (χ0) is 15.3. The molecular formula is C15H23FN2O2. The summed E-state index contributed by atoms with van der Waals surface area (Å²) in [5.74, 6) is -0.375. The first kappa shape index (κ1) is 16.4. The van der Waals surface area contributed by atoms with Crippen LogP contribution in [0.4, 0.5) is 4.39 Å². The van der Waals surface area contributed by atoms with Crippen molar-refractivity contribution in [3.8, 4) is 5.75 Å². The third kappa shape index (κ3) is 4.20. The van der Waals surface area contributed by atoms with Crippen molar-refractivity contribution < 1.29 is 13.9 Å². The van der Waals surface area contributed by atoms with E-state index in [1.54, 1.807) is 0 Å². The van der Waals surface area contributed by atoms with Crippen LogP contribution in [-0.2, 0) is 0 Å². The molecule has 0 radical (unpaired) electrons. The van der Waals surface area contributed by atoms with Gasteiger partial charge in [0.2, 0.25) is 0 Å². The highest BCUT2D eigenvalue weighted by Gasteiger charge is 2.26. The van der Waals surface area contributed by atoms with Crippen molar-refractivity contribution in [2.75, 3.05) is 13.7 Å². The molecule has 0 bridgehead atoms. The van der Waals surface area contributed by atoms with Gasteiger partial charge in [-0.2, -0.15) is 0 Å². The Morgan fingerprint density at radius 1 is 1.50 bits per heavy atom. The zero-order valence-electron chi connectivity index (χ0n) is 12.5. The van der Waals surface area contributed by atoms with Crippen LogP contribution in [0.5, 0.6) is 5.75 Å². The number of methoxy groups -OCH3 is 1. The topological polar surface area (TPSA) is 64.3 Å². The smallest absolute Gasteiger partial charge is 0.251 e. The Bertz CT molecular complexity index is 477. The minimum atomic E-state index is -0.557. The molecule has 3 N–H and O–H groups in total. The summed E-state index contributed by atoms with van der Waals surface area (Å²) in [5, 5.41) is 2.88. The van der Waals surface area contributed by atoms with Gasteiger partial charge < -0.3 is 15.8 Å². The second-order valence-corrected chi connectivity index (χ2v) is 5.67. The summed E-state index contributed by atoms with van der Waals surface area (Å²) in [6.45, 7) is 6.35. The van der Waals surface area contributed by atoms with Crippen molar-refractivity contribution in [3.63, 3.8) is 0 Å². The van der Waals surface area contributed by atoms with E-state index in [4.69, 9.17) is 10.5 Å². The van der Waals surface area contributed by atoms with Crippen molar-refractivity contribution in [2.45, 2.75) is 32.7 Å². The molecule has 1 aromatic carbocycles. The highest BCUT2D eigenvalue weighted by Crippen LogP contribution is 2.20. The summed E-state index contributed by atoms with van der Waals surface area (Å²) in [5.41, 5.74) is 5.51. The fourth-order valence-electron chi connectivity index (χ4n) is 2.24. The van der Waals surface area contributed by atoms with E-state index in [1.165, 1.54) is 25.3 Å². The van der Waals surface area contributed by atoms with Crippen LogP contribution in [-0.4, -0.2) is 25.1 Å². The first-order valence-corrected chi connectivity index (χ1v) is 6.67. The fraction of sp³-hybridized carbons (Fsp3) is 0.533. The third-order valence-electron chi connectivity index (χ3n) is 3.14. The van der Waals surface area contributed by atoms with Gasteiger partial charge in [0.1, 0.15) is 0 Å². The highest BCUT2D eigenvalue weighted by molar-refractivity contribution is 5.94. The van der Waals surface area contributed by atoms with E-state index in [1.807, 2.05) is 6.92 Å². The maximum Gasteiger partial charge on any atom is 0.251 e. The lowest BCUT2D eigenvalue weighted by molar-refractivity contribution is 0.0897. The van der Waals surface area contributed by atoms with Crippen LogP contribution in [0.15, 0.2) is 18.2 Å². The minimum absolute atomic E-state index is 0.116. The number of amides is 1. The van der Waals surface area contributed by atoms with Gasteiger partial charge in [-0.05, 0) is 37.5 Å². The van der Waals surface area contributed by atoms with Gasteiger partial charge in [-0.25, -0.2) is 4.39 Å². The molecular weight excluding hydrogens is 259 g/mol. The molecule has 1 amide bonds. The van der Waals surface area contributed by atoms with Gasteiger partial charge in [0, 0.05) is 17.6 Å². The minimum Gasteiger partial charge on any atom is -0.494 e. The number of hydrogen-bond donors (Lipinski definition) is 2. The van der Waals surface area contributed by atoms with E-state index in [-0.39, 0.29) is 17.2 Å². The number of carbonyl (C=O) groups excluding carboxylic acids is 1. The maximum atomic E-state index is 13.6. The lowest BCUT2D eigenvalue weighted by Gasteiger charge is -2.31. The predicted molar refractivity (Wildman–Crippen MR) is 77.3 cm³/mol. The molecule has 1 rings (SSSR count). The molecule has 0 spiro atoms. The Kier molecular flexibility index (Phi) is 5.51. The molecule has 0 aromatic heterocycles. The molecule has 20 heavy (non-hydrogen) atoms. The van der Waals surface area contributed by atoms with E-state index in [9.17, 15) is 9.18 Å². The summed E-state index contributed by atoms with van der Waals surface area (Å²) >= 11 is 0. The standard InChI is InChI=1S/C15H23FN2O2/c1-10(2)8-15(3,9-17)18-14(19)11-5-6-13(20-4)12(16)7-11/h5-7,10H,8-9,17H2,1-4H3,(H,18,19). The molecule has 0 aliphatic rings. The Hall–Kier alpha value is -1.62. The van der Waals surface area contributed by atoms with Crippen LogP contribution < -0.4 is 15.8 Å². The number of benzene rings is 1. The van der Waals surface area contributed by atoms with E-state index >= 15 is 0 Å². The second-order valence-electron chi connectivity index (χ2n) is 5.67. The third-order valence-corrected chi connectivity index (χ3v) is 3.14. The number of nitrogens with two attached hydrogens (primary N) is 1. The van der Waals surface area contributed by atoms with Crippen LogP contribution in [0.3, 0.4) is 0 Å². The van der Waals surface area contributed by atoms with Crippen LogP contribution in [0.1, 0.15) is 37.6 Å². The van der Waals surface area contributed by atoms with E-state index in [2.05, 4.69) is 19.2 Å². The summed E-state index contributed by atoms with van der Waals surface area (Å²) in [6, 6.07) is 4.14. The molecule has 0 saturated carbocycles. The quantitative estimate of drug-likeness (QED) is 0.841. The van der Waals surface area contributed by atoms with Gasteiger partial charge in [0.05, 0.1) is 7.11 Å². The van der Waals surface area contributed by atoms with Crippen molar-refractivity contribution in [1.29, 1.82) is 0 Å². The summed E-state index contributed by atoms with van der Waals surface area (Å²) < 4.78 is 18.4. The predicted octanol–water partition coefficient (Wildman–Crippen LogP) is 2.33. The Morgan fingerprint density at radius 3 is 2.60 bits per heavy atom. The number of rotatable bonds is 6. The molecule has 0 saturated heterocycles. The normalized spacial score (nSPS) is 13.9. The van der Waals surface area contributed by atoms with Crippen molar-refractivity contribution in [2.24, 2.45) is 11.7 Å². The van der Waals surface area contributed by atoms with E-state index in [0.717, 1.165) is 6.42 Å². The highest BCUT2D eigenvalue weighted by atomic mass is 19.1. The maximum absolute atomic E-state index is 13.6. The van der Waals surface area contributed by atoms with Gasteiger partial charge in [-0.3, -0.25) is 4.79 Å². The molecule has 112 valence electrons. The van der Waals surface area contributed by atoms with Gasteiger partial charge >= 0.3 is 0 Å². The number of halogens is 1. The molecule has 0 heterocycles. The monoisotopic (exact) mass is 282 g/mol. The molecule has 0 aliphatic carbocycles. The number of carbonyl (C=O) groups is 1. The molecule has 1 atom stereocenters. The first-order chi connectivity index (χ1) is 9.31. The average Bonchev–Trinajstić information content (AvgIpc) is 2.37. The van der Waals surface area contributed by atoms with E-state index < -0.39 is 11.4 Å². The van der Waals surface area contributed by atoms with Crippen molar-refractivity contribution >= 4 is 5.91 Å². The molecule has 0 aliphatic heterocycles. The lowest BCUT2D eigenvalue weighted by Crippen LogP contribution is -2.52. The Morgan fingerprint density at radius 2 is 2.15 bits per heavy atom. The van der Waals surface area contributed by atoms with Crippen LogP contribution in [0, 0.1) is 11.7 Å².